The number of carbonyl (C=O) groups is 2. The number of benzene rings is 1. The lowest BCUT2D eigenvalue weighted by atomic mass is 9.93. The molecule has 0 aliphatic carbocycles. The van der Waals surface area contributed by atoms with Gasteiger partial charge in [-0.25, -0.2) is 0 Å². The summed E-state index contributed by atoms with van der Waals surface area (Å²) >= 11 is 5.82. The molecular weight excluding hydrogens is 294 g/mol. The number of phenolic OH excluding ortho intramolecular Hbond substituents is 1. The number of piperidine rings is 1. The fourth-order valence-electron chi connectivity index (χ4n) is 2.64. The summed E-state index contributed by atoms with van der Waals surface area (Å²) in [5.74, 6) is -0.752. The van der Waals surface area contributed by atoms with E-state index in [0.717, 1.165) is 12.8 Å². The van der Waals surface area contributed by atoms with Crippen LogP contribution in [0.25, 0.3) is 0 Å². The zero-order valence-electron chi connectivity index (χ0n) is 11.6. The second-order valence-corrected chi connectivity index (χ2v) is 5.77. The van der Waals surface area contributed by atoms with Crippen molar-refractivity contribution in [2.24, 2.45) is 5.92 Å². The van der Waals surface area contributed by atoms with E-state index < -0.39 is 5.97 Å². The largest absolute Gasteiger partial charge is 0.506 e. The van der Waals surface area contributed by atoms with Gasteiger partial charge in [-0.15, -0.1) is 0 Å². The van der Waals surface area contributed by atoms with Crippen LogP contribution in [0.1, 0.15) is 36.0 Å². The SMILES string of the molecule is O=C(O)CC[C@H]1CCCN(C(=O)c2ccc(O)c(Cl)c2)C1. The van der Waals surface area contributed by atoms with Gasteiger partial charge in [-0.1, -0.05) is 11.6 Å². The first-order chi connectivity index (χ1) is 9.97. The highest BCUT2D eigenvalue weighted by molar-refractivity contribution is 6.32. The molecule has 5 nitrogen and oxygen atoms in total. The average molecular weight is 312 g/mol. The fourth-order valence-corrected chi connectivity index (χ4v) is 2.82. The Morgan fingerprint density at radius 2 is 2.14 bits per heavy atom. The number of amides is 1. The van der Waals surface area contributed by atoms with Crippen LogP contribution in [0, 0.1) is 5.92 Å². The van der Waals surface area contributed by atoms with Crippen LogP contribution in [0.3, 0.4) is 0 Å². The smallest absolute Gasteiger partial charge is 0.303 e. The summed E-state index contributed by atoms with van der Waals surface area (Å²) in [6.45, 7) is 1.24. The molecular formula is C15H18ClNO4. The molecule has 1 heterocycles. The maximum Gasteiger partial charge on any atom is 0.303 e. The van der Waals surface area contributed by atoms with Crippen molar-refractivity contribution in [2.45, 2.75) is 25.7 Å². The Hall–Kier alpha value is -1.75. The topological polar surface area (TPSA) is 77.8 Å². The van der Waals surface area contributed by atoms with Gasteiger partial charge < -0.3 is 15.1 Å². The Balaban J connectivity index is 2.01. The van der Waals surface area contributed by atoms with Crippen molar-refractivity contribution in [1.82, 2.24) is 4.90 Å². The zero-order chi connectivity index (χ0) is 15.4. The number of nitrogens with zero attached hydrogens (tertiary/aromatic N) is 1. The maximum absolute atomic E-state index is 12.4. The van der Waals surface area contributed by atoms with Gasteiger partial charge in [-0.05, 0) is 43.4 Å². The predicted octanol–water partition coefficient (Wildman–Crippen LogP) is 2.76. The maximum atomic E-state index is 12.4. The van der Waals surface area contributed by atoms with Gasteiger partial charge in [0.1, 0.15) is 5.75 Å². The van der Waals surface area contributed by atoms with E-state index in [9.17, 15) is 14.7 Å². The number of likely N-dealkylation sites (tertiary alicyclic amines) is 1. The number of carboxylic acid groups (broad SMARTS) is 1. The molecule has 1 atom stereocenters. The molecule has 1 aromatic carbocycles. The molecule has 0 unspecified atom stereocenters. The quantitative estimate of drug-likeness (QED) is 0.896. The van der Waals surface area contributed by atoms with Crippen LogP contribution in [0.4, 0.5) is 0 Å². The molecule has 6 heteroatoms. The van der Waals surface area contributed by atoms with Gasteiger partial charge in [0, 0.05) is 25.1 Å². The first kappa shape index (κ1) is 15.6. The summed E-state index contributed by atoms with van der Waals surface area (Å²) in [6, 6.07) is 4.41. The van der Waals surface area contributed by atoms with E-state index in [0.29, 0.717) is 25.1 Å². The van der Waals surface area contributed by atoms with Gasteiger partial charge in [0.15, 0.2) is 0 Å². The molecule has 2 N–H and O–H groups in total. The van der Waals surface area contributed by atoms with Gasteiger partial charge in [0.25, 0.3) is 5.91 Å². The van der Waals surface area contributed by atoms with Crippen molar-refractivity contribution in [2.75, 3.05) is 13.1 Å². The molecule has 1 saturated heterocycles. The standard InChI is InChI=1S/C15H18ClNO4/c16-12-8-11(4-5-13(12)18)15(21)17-7-1-2-10(9-17)3-6-14(19)20/h4-5,8,10,18H,1-3,6-7,9H2,(H,19,20)/t10-/m1/s1. The van der Waals surface area contributed by atoms with E-state index in [2.05, 4.69) is 0 Å². The molecule has 1 aliphatic heterocycles. The van der Waals surface area contributed by atoms with E-state index in [4.69, 9.17) is 16.7 Å². The monoisotopic (exact) mass is 311 g/mol. The number of hydrogen-bond donors (Lipinski definition) is 2. The number of aromatic hydroxyl groups is 1. The number of rotatable bonds is 4. The van der Waals surface area contributed by atoms with Gasteiger partial charge >= 0.3 is 5.97 Å². The molecule has 1 amide bonds. The third-order valence-corrected chi connectivity index (χ3v) is 4.07. The Bertz CT molecular complexity index is 546. The molecule has 1 aromatic rings. The van der Waals surface area contributed by atoms with Gasteiger partial charge in [0.05, 0.1) is 5.02 Å². The lowest BCUT2D eigenvalue weighted by Gasteiger charge is -2.32. The molecule has 0 aromatic heterocycles. The van der Waals surface area contributed by atoms with Crippen molar-refractivity contribution in [1.29, 1.82) is 0 Å². The van der Waals surface area contributed by atoms with E-state index in [1.165, 1.54) is 12.1 Å². The highest BCUT2D eigenvalue weighted by Crippen LogP contribution is 2.26. The van der Waals surface area contributed by atoms with Crippen LogP contribution in [-0.4, -0.2) is 40.1 Å². The molecule has 21 heavy (non-hydrogen) atoms. The molecule has 1 aliphatic rings. The second kappa shape index (κ2) is 6.80. The third-order valence-electron chi connectivity index (χ3n) is 3.77. The van der Waals surface area contributed by atoms with Crippen LogP contribution in [0.15, 0.2) is 18.2 Å². The Morgan fingerprint density at radius 3 is 2.81 bits per heavy atom. The summed E-state index contributed by atoms with van der Waals surface area (Å²) in [4.78, 5) is 24.8. The lowest BCUT2D eigenvalue weighted by molar-refractivity contribution is -0.137. The first-order valence-corrected chi connectivity index (χ1v) is 7.34. The highest BCUT2D eigenvalue weighted by atomic mass is 35.5. The molecule has 1 fully saturated rings. The van der Waals surface area contributed by atoms with Crippen molar-refractivity contribution >= 4 is 23.5 Å². The zero-order valence-corrected chi connectivity index (χ0v) is 12.3. The molecule has 114 valence electrons. The number of phenols is 1. The summed E-state index contributed by atoms with van der Waals surface area (Å²) in [5, 5.41) is 18.3. The lowest BCUT2D eigenvalue weighted by Crippen LogP contribution is -2.40. The molecule has 0 spiro atoms. The number of halogens is 1. The van der Waals surface area contributed by atoms with Gasteiger partial charge in [0.2, 0.25) is 0 Å². The van der Waals surface area contributed by atoms with E-state index in [-0.39, 0.29) is 29.0 Å². The molecule has 0 bridgehead atoms. The Labute approximate surface area is 128 Å². The van der Waals surface area contributed by atoms with Crippen LogP contribution in [-0.2, 0) is 4.79 Å². The molecule has 0 radical (unpaired) electrons. The van der Waals surface area contributed by atoms with Crippen molar-refractivity contribution < 1.29 is 19.8 Å². The van der Waals surface area contributed by atoms with E-state index in [1.54, 1.807) is 11.0 Å². The highest BCUT2D eigenvalue weighted by Gasteiger charge is 2.25. The second-order valence-electron chi connectivity index (χ2n) is 5.36. The van der Waals surface area contributed by atoms with E-state index in [1.807, 2.05) is 0 Å². The van der Waals surface area contributed by atoms with Gasteiger partial charge in [-0.3, -0.25) is 9.59 Å². The van der Waals surface area contributed by atoms with Crippen LogP contribution >= 0.6 is 11.6 Å². The van der Waals surface area contributed by atoms with Crippen molar-refractivity contribution in [3.8, 4) is 5.75 Å². The van der Waals surface area contributed by atoms with Crippen LogP contribution in [0.5, 0.6) is 5.75 Å². The third kappa shape index (κ3) is 4.11. The fraction of sp³-hybridized carbons (Fsp3) is 0.467. The van der Waals surface area contributed by atoms with E-state index >= 15 is 0 Å². The van der Waals surface area contributed by atoms with Crippen molar-refractivity contribution in [3.63, 3.8) is 0 Å². The first-order valence-electron chi connectivity index (χ1n) is 6.97. The number of carboxylic acids is 1. The summed E-state index contributed by atoms with van der Waals surface area (Å²) in [5.41, 5.74) is 0.441. The number of carbonyl (C=O) groups excluding carboxylic acids is 1. The van der Waals surface area contributed by atoms with Crippen molar-refractivity contribution in [3.05, 3.63) is 28.8 Å². The van der Waals surface area contributed by atoms with Crippen LogP contribution in [0.2, 0.25) is 5.02 Å². The molecule has 2 rings (SSSR count). The minimum Gasteiger partial charge on any atom is -0.506 e. The Kier molecular flexibility index (Phi) is 5.07. The Morgan fingerprint density at radius 1 is 1.38 bits per heavy atom. The number of aliphatic carboxylic acids is 1. The number of hydrogen-bond acceptors (Lipinski definition) is 3. The molecule has 0 saturated carbocycles. The normalized spacial score (nSPS) is 18.5. The summed E-state index contributed by atoms with van der Waals surface area (Å²) < 4.78 is 0. The summed E-state index contributed by atoms with van der Waals surface area (Å²) in [7, 11) is 0. The van der Waals surface area contributed by atoms with Gasteiger partial charge in [-0.2, -0.15) is 0 Å². The predicted molar refractivity (Wildman–Crippen MR) is 78.6 cm³/mol. The minimum atomic E-state index is -0.802. The average Bonchev–Trinajstić information content (AvgIpc) is 2.47. The summed E-state index contributed by atoms with van der Waals surface area (Å²) in [6.07, 6.45) is 2.56. The van der Waals surface area contributed by atoms with Crippen LogP contribution < -0.4 is 0 Å². The minimum absolute atomic E-state index is 0.0498.